The Morgan fingerprint density at radius 3 is 2.11 bits per heavy atom. The van der Waals surface area contributed by atoms with Gasteiger partial charge in [-0.25, -0.2) is 0 Å². The molecule has 0 aliphatic heterocycles. The molecule has 0 radical (unpaired) electrons. The minimum Gasteiger partial charge on any atom is -0.311 e. The molecule has 1 aliphatic rings. The van der Waals surface area contributed by atoms with Crippen LogP contribution in [0.1, 0.15) is 73.6 Å². The van der Waals surface area contributed by atoms with Crippen molar-refractivity contribution in [3.8, 4) is 0 Å². The van der Waals surface area contributed by atoms with Gasteiger partial charge >= 0.3 is 0 Å². The molecule has 1 aliphatic carbocycles. The zero-order valence-electron chi connectivity index (χ0n) is 14.1. The van der Waals surface area contributed by atoms with Gasteiger partial charge in [-0.2, -0.15) is 0 Å². The molecule has 1 rings (SSSR count). The molecule has 1 N–H and O–H groups in total. The Hall–Kier alpha value is -0.0800. The van der Waals surface area contributed by atoms with Crippen molar-refractivity contribution in [1.29, 1.82) is 0 Å². The maximum absolute atomic E-state index is 3.72. The van der Waals surface area contributed by atoms with Crippen LogP contribution in [0, 0.1) is 5.92 Å². The fourth-order valence-electron chi connectivity index (χ4n) is 3.32. The standard InChI is InChI=1S/C17H36N2/c1-7-19(15-11-9-8-10-12-15)16(14(2)3)13-18-17(4,5)6/h14-16,18H,7-13H2,1-6H3. The highest BCUT2D eigenvalue weighted by molar-refractivity contribution is 4.86. The largest absolute Gasteiger partial charge is 0.311 e. The van der Waals surface area contributed by atoms with Crippen LogP contribution in [-0.2, 0) is 0 Å². The Morgan fingerprint density at radius 2 is 1.68 bits per heavy atom. The summed E-state index contributed by atoms with van der Waals surface area (Å²) in [5, 5.41) is 3.72. The molecule has 0 heterocycles. The quantitative estimate of drug-likeness (QED) is 0.781. The first-order valence-corrected chi connectivity index (χ1v) is 8.36. The zero-order valence-corrected chi connectivity index (χ0v) is 14.1. The molecule has 1 saturated carbocycles. The monoisotopic (exact) mass is 268 g/mol. The Labute approximate surface area is 121 Å². The number of nitrogens with one attached hydrogen (secondary N) is 1. The van der Waals surface area contributed by atoms with Crippen LogP contribution >= 0.6 is 0 Å². The van der Waals surface area contributed by atoms with Gasteiger partial charge in [-0.15, -0.1) is 0 Å². The van der Waals surface area contributed by atoms with E-state index in [9.17, 15) is 0 Å². The number of hydrogen-bond acceptors (Lipinski definition) is 2. The van der Waals surface area contributed by atoms with E-state index in [1.54, 1.807) is 0 Å². The lowest BCUT2D eigenvalue weighted by Crippen LogP contribution is -2.53. The van der Waals surface area contributed by atoms with Crippen molar-refractivity contribution < 1.29 is 0 Å². The second-order valence-electron chi connectivity index (χ2n) is 7.56. The predicted molar refractivity (Wildman–Crippen MR) is 85.6 cm³/mol. The molecule has 0 spiro atoms. The summed E-state index contributed by atoms with van der Waals surface area (Å²) in [4.78, 5) is 2.78. The van der Waals surface area contributed by atoms with Gasteiger partial charge in [0.15, 0.2) is 0 Å². The lowest BCUT2D eigenvalue weighted by molar-refractivity contribution is 0.0788. The fourth-order valence-corrected chi connectivity index (χ4v) is 3.32. The maximum atomic E-state index is 3.72. The summed E-state index contributed by atoms with van der Waals surface area (Å²) >= 11 is 0. The highest BCUT2D eigenvalue weighted by Gasteiger charge is 2.29. The minimum atomic E-state index is 0.221. The number of rotatable bonds is 6. The molecule has 0 saturated heterocycles. The lowest BCUT2D eigenvalue weighted by atomic mass is 9.90. The molecule has 0 bridgehead atoms. The van der Waals surface area contributed by atoms with Crippen molar-refractivity contribution in [1.82, 2.24) is 10.2 Å². The van der Waals surface area contributed by atoms with E-state index in [0.717, 1.165) is 18.5 Å². The molecule has 1 fully saturated rings. The normalized spacial score (nSPS) is 20.2. The van der Waals surface area contributed by atoms with Gasteiger partial charge in [0.25, 0.3) is 0 Å². The predicted octanol–water partition coefficient (Wildman–Crippen LogP) is 4.05. The van der Waals surface area contributed by atoms with Gasteiger partial charge in [-0.3, -0.25) is 4.90 Å². The van der Waals surface area contributed by atoms with E-state index in [-0.39, 0.29) is 5.54 Å². The Balaban J connectivity index is 2.65. The van der Waals surface area contributed by atoms with E-state index in [4.69, 9.17) is 0 Å². The summed E-state index contributed by atoms with van der Waals surface area (Å²) in [7, 11) is 0. The first-order chi connectivity index (χ1) is 8.85. The topological polar surface area (TPSA) is 15.3 Å². The number of likely N-dealkylation sites (N-methyl/N-ethyl adjacent to an activating group) is 1. The van der Waals surface area contributed by atoms with Crippen LogP contribution in [0.25, 0.3) is 0 Å². The molecule has 2 heteroatoms. The summed E-state index contributed by atoms with van der Waals surface area (Å²) in [6.07, 6.45) is 7.12. The van der Waals surface area contributed by atoms with Crippen LogP contribution < -0.4 is 5.32 Å². The van der Waals surface area contributed by atoms with Crippen molar-refractivity contribution in [3.05, 3.63) is 0 Å². The van der Waals surface area contributed by atoms with E-state index < -0.39 is 0 Å². The third-order valence-corrected chi connectivity index (χ3v) is 4.45. The summed E-state index contributed by atoms with van der Waals surface area (Å²) in [5.74, 6) is 0.719. The van der Waals surface area contributed by atoms with Crippen LogP contribution in [0.4, 0.5) is 0 Å². The second-order valence-corrected chi connectivity index (χ2v) is 7.56. The van der Waals surface area contributed by atoms with Crippen molar-refractivity contribution in [2.45, 2.75) is 91.3 Å². The smallest absolute Gasteiger partial charge is 0.0246 e. The fraction of sp³-hybridized carbons (Fsp3) is 1.00. The lowest BCUT2D eigenvalue weighted by Gasteiger charge is -2.42. The van der Waals surface area contributed by atoms with Crippen molar-refractivity contribution in [3.63, 3.8) is 0 Å². The Kier molecular flexibility index (Phi) is 6.82. The first-order valence-electron chi connectivity index (χ1n) is 8.36. The van der Waals surface area contributed by atoms with E-state index in [1.165, 1.54) is 38.6 Å². The van der Waals surface area contributed by atoms with Crippen LogP contribution in [-0.4, -0.2) is 35.6 Å². The summed E-state index contributed by atoms with van der Waals surface area (Å²) in [5.41, 5.74) is 0.221. The highest BCUT2D eigenvalue weighted by Crippen LogP contribution is 2.26. The average Bonchev–Trinajstić information content (AvgIpc) is 2.33. The summed E-state index contributed by atoms with van der Waals surface area (Å²) < 4.78 is 0. The van der Waals surface area contributed by atoms with Crippen LogP contribution in [0.5, 0.6) is 0 Å². The maximum Gasteiger partial charge on any atom is 0.0246 e. The molecule has 114 valence electrons. The number of nitrogens with zero attached hydrogens (tertiary/aromatic N) is 1. The van der Waals surface area contributed by atoms with Crippen LogP contribution in [0.2, 0.25) is 0 Å². The molecule has 0 amide bonds. The Bertz CT molecular complexity index is 236. The molecule has 1 atom stereocenters. The molecule has 0 aromatic heterocycles. The van der Waals surface area contributed by atoms with Gasteiger partial charge in [0.05, 0.1) is 0 Å². The zero-order chi connectivity index (χ0) is 14.5. The third kappa shape index (κ3) is 5.83. The van der Waals surface area contributed by atoms with Crippen molar-refractivity contribution in [2.24, 2.45) is 5.92 Å². The summed E-state index contributed by atoms with van der Waals surface area (Å²) in [6, 6.07) is 1.50. The minimum absolute atomic E-state index is 0.221. The van der Waals surface area contributed by atoms with E-state index >= 15 is 0 Å². The van der Waals surface area contributed by atoms with Crippen LogP contribution in [0.3, 0.4) is 0 Å². The molecular weight excluding hydrogens is 232 g/mol. The van der Waals surface area contributed by atoms with Crippen molar-refractivity contribution >= 4 is 0 Å². The van der Waals surface area contributed by atoms with E-state index in [1.807, 2.05) is 0 Å². The van der Waals surface area contributed by atoms with Gasteiger partial charge in [0, 0.05) is 24.2 Å². The molecule has 2 nitrogen and oxygen atoms in total. The molecular formula is C17H36N2. The SMILES string of the molecule is CCN(C1CCCCC1)C(CNC(C)(C)C)C(C)C. The van der Waals surface area contributed by atoms with Gasteiger partial charge in [-0.05, 0) is 46.1 Å². The first kappa shape index (κ1) is 17.0. The van der Waals surface area contributed by atoms with E-state index in [0.29, 0.717) is 6.04 Å². The van der Waals surface area contributed by atoms with Gasteiger partial charge in [-0.1, -0.05) is 40.0 Å². The highest BCUT2D eigenvalue weighted by atomic mass is 15.2. The number of hydrogen-bond donors (Lipinski definition) is 1. The summed E-state index contributed by atoms with van der Waals surface area (Å²) in [6.45, 7) is 16.2. The molecule has 19 heavy (non-hydrogen) atoms. The Morgan fingerprint density at radius 1 is 1.11 bits per heavy atom. The van der Waals surface area contributed by atoms with E-state index in [2.05, 4.69) is 51.8 Å². The molecule has 1 unspecified atom stereocenters. The third-order valence-electron chi connectivity index (χ3n) is 4.45. The van der Waals surface area contributed by atoms with Gasteiger partial charge in [0.2, 0.25) is 0 Å². The molecule has 0 aromatic carbocycles. The van der Waals surface area contributed by atoms with Gasteiger partial charge < -0.3 is 5.32 Å². The molecule has 0 aromatic rings. The second kappa shape index (κ2) is 7.64. The average molecular weight is 268 g/mol. The van der Waals surface area contributed by atoms with Crippen molar-refractivity contribution in [2.75, 3.05) is 13.1 Å². The van der Waals surface area contributed by atoms with Gasteiger partial charge in [0.1, 0.15) is 0 Å². The van der Waals surface area contributed by atoms with Crippen LogP contribution in [0.15, 0.2) is 0 Å².